The van der Waals surface area contributed by atoms with E-state index >= 15 is 0 Å². The average molecular weight is 374 g/mol. The zero-order valence-electron chi connectivity index (χ0n) is 15.3. The molecule has 0 bridgehead atoms. The number of nitrogens with one attached hydrogen (secondary N) is 2. The van der Waals surface area contributed by atoms with E-state index in [1.165, 1.54) is 12.1 Å². The van der Waals surface area contributed by atoms with E-state index in [9.17, 15) is 9.18 Å². The number of hydrogen-bond donors (Lipinski definition) is 2. The second-order valence-corrected chi connectivity index (χ2v) is 6.57. The first kappa shape index (κ1) is 17.8. The number of aromatic nitrogens is 1. The summed E-state index contributed by atoms with van der Waals surface area (Å²) in [6.45, 7) is 0. The van der Waals surface area contributed by atoms with Gasteiger partial charge in [0, 0.05) is 27.8 Å². The minimum absolute atomic E-state index is 0.0963. The number of hydrogen-bond acceptors (Lipinski definition) is 2. The SMILES string of the molecule is COc1ccc(CC(=O)Nc2cccc(-c3cc4cc(F)ccc4[nH]3)c2)cc1. The van der Waals surface area contributed by atoms with Crippen LogP contribution in [0.1, 0.15) is 5.56 Å². The van der Waals surface area contributed by atoms with Crippen LogP contribution in [0.5, 0.6) is 5.75 Å². The van der Waals surface area contributed by atoms with Gasteiger partial charge in [0.2, 0.25) is 5.91 Å². The lowest BCUT2D eigenvalue weighted by atomic mass is 10.1. The fourth-order valence-corrected chi connectivity index (χ4v) is 3.16. The van der Waals surface area contributed by atoms with Crippen molar-refractivity contribution in [3.63, 3.8) is 0 Å². The highest BCUT2D eigenvalue weighted by Crippen LogP contribution is 2.26. The van der Waals surface area contributed by atoms with Crippen molar-refractivity contribution < 1.29 is 13.9 Å². The number of carbonyl (C=O) groups excluding carboxylic acids is 1. The summed E-state index contributed by atoms with van der Waals surface area (Å²) in [6.07, 6.45) is 0.278. The standard InChI is InChI=1S/C23H19FN2O2/c1-28-20-8-5-15(6-9-20)11-23(27)25-19-4-2-3-16(13-19)22-14-17-12-18(24)7-10-21(17)26-22/h2-10,12-14,26H,11H2,1H3,(H,25,27). The Morgan fingerprint density at radius 1 is 1.04 bits per heavy atom. The second kappa shape index (κ2) is 7.56. The van der Waals surface area contributed by atoms with Crippen LogP contribution >= 0.6 is 0 Å². The van der Waals surface area contributed by atoms with E-state index in [1.54, 1.807) is 13.2 Å². The van der Waals surface area contributed by atoms with Gasteiger partial charge in [-0.25, -0.2) is 4.39 Å². The Morgan fingerprint density at radius 3 is 2.64 bits per heavy atom. The van der Waals surface area contributed by atoms with Gasteiger partial charge in [-0.2, -0.15) is 0 Å². The van der Waals surface area contributed by atoms with Crippen molar-refractivity contribution in [1.82, 2.24) is 4.98 Å². The van der Waals surface area contributed by atoms with Crippen LogP contribution in [-0.2, 0) is 11.2 Å². The van der Waals surface area contributed by atoms with E-state index < -0.39 is 0 Å². The zero-order chi connectivity index (χ0) is 19.5. The van der Waals surface area contributed by atoms with Crippen LogP contribution in [0.25, 0.3) is 22.2 Å². The molecule has 28 heavy (non-hydrogen) atoms. The highest BCUT2D eigenvalue weighted by molar-refractivity contribution is 5.93. The van der Waals surface area contributed by atoms with E-state index in [0.29, 0.717) is 5.69 Å². The molecule has 0 unspecified atom stereocenters. The maximum Gasteiger partial charge on any atom is 0.228 e. The van der Waals surface area contributed by atoms with Crippen molar-refractivity contribution in [3.8, 4) is 17.0 Å². The molecule has 0 saturated heterocycles. The van der Waals surface area contributed by atoms with Gasteiger partial charge in [0.15, 0.2) is 0 Å². The number of rotatable bonds is 5. The number of ether oxygens (including phenoxy) is 1. The predicted molar refractivity (Wildman–Crippen MR) is 109 cm³/mol. The maximum atomic E-state index is 13.4. The Bertz CT molecular complexity index is 1130. The molecule has 4 aromatic rings. The van der Waals surface area contributed by atoms with Gasteiger partial charge in [0.25, 0.3) is 0 Å². The third kappa shape index (κ3) is 3.88. The molecule has 0 radical (unpaired) electrons. The molecule has 1 heterocycles. The molecule has 3 aromatic carbocycles. The second-order valence-electron chi connectivity index (χ2n) is 6.57. The van der Waals surface area contributed by atoms with Crippen LogP contribution in [0.3, 0.4) is 0 Å². The van der Waals surface area contributed by atoms with Gasteiger partial charge in [0.1, 0.15) is 11.6 Å². The first-order valence-corrected chi connectivity index (χ1v) is 8.92. The topological polar surface area (TPSA) is 54.1 Å². The molecule has 4 nitrogen and oxygen atoms in total. The molecule has 0 spiro atoms. The van der Waals surface area contributed by atoms with E-state index in [4.69, 9.17) is 4.74 Å². The fourth-order valence-electron chi connectivity index (χ4n) is 3.16. The number of fused-ring (bicyclic) bond motifs is 1. The third-order valence-electron chi connectivity index (χ3n) is 4.56. The molecule has 0 aliphatic rings. The van der Waals surface area contributed by atoms with Crippen LogP contribution < -0.4 is 10.1 Å². The quantitative estimate of drug-likeness (QED) is 0.507. The summed E-state index contributed by atoms with van der Waals surface area (Å²) in [5.74, 6) is 0.397. The van der Waals surface area contributed by atoms with Crippen LogP contribution in [0.2, 0.25) is 0 Å². The molecule has 0 saturated carbocycles. The lowest BCUT2D eigenvalue weighted by Gasteiger charge is -2.08. The summed E-state index contributed by atoms with van der Waals surface area (Å²) in [7, 11) is 1.61. The molecule has 5 heteroatoms. The monoisotopic (exact) mass is 374 g/mol. The molecule has 0 atom stereocenters. The lowest BCUT2D eigenvalue weighted by Crippen LogP contribution is -2.14. The van der Waals surface area contributed by atoms with Crippen molar-refractivity contribution in [2.45, 2.75) is 6.42 Å². The summed E-state index contributed by atoms with van der Waals surface area (Å²) in [6, 6.07) is 21.5. The van der Waals surface area contributed by atoms with E-state index in [1.807, 2.05) is 54.6 Å². The van der Waals surface area contributed by atoms with Gasteiger partial charge in [-0.15, -0.1) is 0 Å². The molecule has 0 aliphatic carbocycles. The number of carbonyl (C=O) groups is 1. The number of halogens is 1. The summed E-state index contributed by atoms with van der Waals surface area (Å²) >= 11 is 0. The van der Waals surface area contributed by atoms with Gasteiger partial charge in [0.05, 0.1) is 13.5 Å². The molecule has 1 aromatic heterocycles. The van der Waals surface area contributed by atoms with Gasteiger partial charge in [-0.3, -0.25) is 4.79 Å². The minimum atomic E-state index is -0.266. The number of amides is 1. The summed E-state index contributed by atoms with van der Waals surface area (Å²) in [5, 5.41) is 3.74. The van der Waals surface area contributed by atoms with Crippen LogP contribution in [0.4, 0.5) is 10.1 Å². The Morgan fingerprint density at radius 2 is 1.86 bits per heavy atom. The van der Waals surface area contributed by atoms with Crippen molar-refractivity contribution in [2.75, 3.05) is 12.4 Å². The number of anilines is 1. The molecular formula is C23H19FN2O2. The Balaban J connectivity index is 1.50. The van der Waals surface area contributed by atoms with Crippen LogP contribution in [0.15, 0.2) is 72.8 Å². The predicted octanol–water partition coefficient (Wildman–Crippen LogP) is 5.16. The average Bonchev–Trinajstić information content (AvgIpc) is 3.12. The Labute approximate surface area is 162 Å². The molecular weight excluding hydrogens is 355 g/mol. The maximum absolute atomic E-state index is 13.4. The van der Waals surface area contributed by atoms with Crippen molar-refractivity contribution >= 4 is 22.5 Å². The van der Waals surface area contributed by atoms with E-state index in [-0.39, 0.29) is 18.1 Å². The number of benzene rings is 3. The van der Waals surface area contributed by atoms with Gasteiger partial charge >= 0.3 is 0 Å². The normalized spacial score (nSPS) is 10.8. The highest BCUT2D eigenvalue weighted by Gasteiger charge is 2.08. The first-order chi connectivity index (χ1) is 13.6. The molecule has 1 amide bonds. The van der Waals surface area contributed by atoms with Crippen molar-refractivity contribution in [2.24, 2.45) is 0 Å². The Kier molecular flexibility index (Phi) is 4.81. The number of H-pyrrole nitrogens is 1. The smallest absolute Gasteiger partial charge is 0.228 e. The fraction of sp³-hybridized carbons (Fsp3) is 0.0870. The molecule has 0 aliphatic heterocycles. The zero-order valence-corrected chi connectivity index (χ0v) is 15.3. The summed E-state index contributed by atoms with van der Waals surface area (Å²) in [4.78, 5) is 15.6. The first-order valence-electron chi connectivity index (χ1n) is 8.92. The number of methoxy groups -OCH3 is 1. The molecule has 0 fully saturated rings. The van der Waals surface area contributed by atoms with E-state index in [2.05, 4.69) is 10.3 Å². The molecule has 140 valence electrons. The third-order valence-corrected chi connectivity index (χ3v) is 4.56. The van der Waals surface area contributed by atoms with Gasteiger partial charge < -0.3 is 15.0 Å². The summed E-state index contributed by atoms with van der Waals surface area (Å²) < 4.78 is 18.5. The molecule has 2 N–H and O–H groups in total. The van der Waals surface area contributed by atoms with Gasteiger partial charge in [-0.1, -0.05) is 24.3 Å². The van der Waals surface area contributed by atoms with E-state index in [0.717, 1.165) is 33.5 Å². The highest BCUT2D eigenvalue weighted by atomic mass is 19.1. The lowest BCUT2D eigenvalue weighted by molar-refractivity contribution is -0.115. The van der Waals surface area contributed by atoms with Crippen molar-refractivity contribution in [1.29, 1.82) is 0 Å². The Hall–Kier alpha value is -3.60. The van der Waals surface area contributed by atoms with Crippen molar-refractivity contribution in [3.05, 3.63) is 84.2 Å². The van der Waals surface area contributed by atoms with Gasteiger partial charge in [-0.05, 0) is 54.1 Å². The van der Waals surface area contributed by atoms with Crippen LogP contribution in [0, 0.1) is 5.82 Å². The summed E-state index contributed by atoms with van der Waals surface area (Å²) in [5.41, 5.74) is 4.27. The van der Waals surface area contributed by atoms with Crippen LogP contribution in [-0.4, -0.2) is 18.0 Å². The minimum Gasteiger partial charge on any atom is -0.497 e. The number of aromatic amines is 1. The largest absolute Gasteiger partial charge is 0.497 e. The molecule has 4 rings (SSSR count).